The zero-order chi connectivity index (χ0) is 9.26. The number of nitriles is 1. The minimum Gasteiger partial charge on any atom is -0.329 e. The fraction of sp³-hybridized carbons (Fsp3) is 0. The molecule has 13 heavy (non-hydrogen) atoms. The van der Waals surface area contributed by atoms with Gasteiger partial charge in [0.05, 0.1) is 21.1 Å². The number of imidazole rings is 1. The Hall–Kier alpha value is -1.31. The number of halogens is 1. The summed E-state index contributed by atoms with van der Waals surface area (Å²) < 4.78 is 0.725. The maximum absolute atomic E-state index is 8.54. The van der Waals surface area contributed by atoms with Crippen LogP contribution in [0.2, 0.25) is 4.34 Å². The first kappa shape index (κ1) is 8.30. The van der Waals surface area contributed by atoms with Crippen molar-refractivity contribution in [3.05, 3.63) is 28.5 Å². The number of thiophene rings is 1. The van der Waals surface area contributed by atoms with Gasteiger partial charge in [0.15, 0.2) is 0 Å². The minimum absolute atomic E-state index is 0.319. The Morgan fingerprint density at radius 1 is 1.54 bits per heavy atom. The van der Waals surface area contributed by atoms with E-state index in [2.05, 4.69) is 9.97 Å². The summed E-state index contributed by atoms with van der Waals surface area (Å²) in [5.74, 6) is 0.319. The van der Waals surface area contributed by atoms with E-state index in [0.29, 0.717) is 5.82 Å². The van der Waals surface area contributed by atoms with E-state index in [0.717, 1.165) is 14.9 Å². The summed E-state index contributed by atoms with van der Waals surface area (Å²) in [6.45, 7) is 0. The molecular formula is C8H4ClN3S. The maximum Gasteiger partial charge on any atom is 0.210 e. The van der Waals surface area contributed by atoms with Gasteiger partial charge >= 0.3 is 0 Å². The molecule has 0 aromatic carbocycles. The van der Waals surface area contributed by atoms with Crippen molar-refractivity contribution < 1.29 is 0 Å². The summed E-state index contributed by atoms with van der Waals surface area (Å²) in [6, 6.07) is 5.63. The van der Waals surface area contributed by atoms with E-state index in [-0.39, 0.29) is 0 Å². The van der Waals surface area contributed by atoms with Crippen LogP contribution in [0.25, 0.3) is 10.6 Å². The molecule has 1 N–H and O–H groups in total. The molecule has 2 rings (SSSR count). The molecule has 2 aromatic rings. The van der Waals surface area contributed by atoms with Gasteiger partial charge in [0.1, 0.15) is 6.07 Å². The van der Waals surface area contributed by atoms with Crippen molar-refractivity contribution in [2.45, 2.75) is 0 Å². The van der Waals surface area contributed by atoms with Crippen molar-refractivity contribution in [2.24, 2.45) is 0 Å². The summed E-state index contributed by atoms with van der Waals surface area (Å²) in [5.41, 5.74) is 0.827. The Balaban J connectivity index is 2.42. The molecule has 0 amide bonds. The highest BCUT2D eigenvalue weighted by Crippen LogP contribution is 2.29. The SMILES string of the molecule is N#Cc1ncc(-c2ccc(Cl)s2)[nH]1. The lowest BCUT2D eigenvalue weighted by Crippen LogP contribution is -1.74. The Kier molecular flexibility index (Phi) is 2.05. The molecule has 64 valence electrons. The predicted octanol–water partition coefficient (Wildman–Crippen LogP) is 2.66. The molecule has 3 nitrogen and oxygen atoms in total. The van der Waals surface area contributed by atoms with Crippen LogP contribution in [-0.2, 0) is 0 Å². The van der Waals surface area contributed by atoms with Crippen molar-refractivity contribution in [3.63, 3.8) is 0 Å². The molecule has 0 saturated heterocycles. The van der Waals surface area contributed by atoms with E-state index in [9.17, 15) is 0 Å². The van der Waals surface area contributed by atoms with Crippen LogP contribution < -0.4 is 0 Å². The number of rotatable bonds is 1. The molecule has 2 heterocycles. The second-order valence-corrected chi connectivity index (χ2v) is 4.08. The third kappa shape index (κ3) is 1.57. The van der Waals surface area contributed by atoms with Gasteiger partial charge in [0.2, 0.25) is 5.82 Å². The van der Waals surface area contributed by atoms with E-state index < -0.39 is 0 Å². The van der Waals surface area contributed by atoms with Gasteiger partial charge in [-0.2, -0.15) is 5.26 Å². The predicted molar refractivity (Wildman–Crippen MR) is 51.6 cm³/mol. The van der Waals surface area contributed by atoms with Gasteiger partial charge < -0.3 is 4.98 Å². The Morgan fingerprint density at radius 2 is 2.38 bits per heavy atom. The van der Waals surface area contributed by atoms with Crippen LogP contribution in [0.3, 0.4) is 0 Å². The zero-order valence-electron chi connectivity index (χ0n) is 6.41. The van der Waals surface area contributed by atoms with Gasteiger partial charge in [-0.25, -0.2) is 4.98 Å². The molecular weight excluding hydrogens is 206 g/mol. The quantitative estimate of drug-likeness (QED) is 0.785. The van der Waals surface area contributed by atoms with E-state index in [1.165, 1.54) is 11.3 Å². The number of nitrogens with zero attached hydrogens (tertiary/aromatic N) is 2. The van der Waals surface area contributed by atoms with Gasteiger partial charge in [-0.05, 0) is 12.1 Å². The van der Waals surface area contributed by atoms with Gasteiger partial charge in [0.25, 0.3) is 0 Å². The smallest absolute Gasteiger partial charge is 0.210 e. The molecule has 0 radical (unpaired) electrons. The third-order valence-electron chi connectivity index (χ3n) is 1.52. The minimum atomic E-state index is 0.319. The van der Waals surface area contributed by atoms with Gasteiger partial charge in [-0.15, -0.1) is 11.3 Å². The standard InChI is InChI=1S/C8H4ClN3S/c9-7-2-1-6(13-7)5-4-11-8(3-10)12-5/h1-2,4H,(H,11,12). The molecule has 0 fully saturated rings. The van der Waals surface area contributed by atoms with Crippen LogP contribution in [0.4, 0.5) is 0 Å². The lowest BCUT2D eigenvalue weighted by molar-refractivity contribution is 1.23. The van der Waals surface area contributed by atoms with Crippen LogP contribution in [-0.4, -0.2) is 9.97 Å². The first-order chi connectivity index (χ1) is 6.29. The summed E-state index contributed by atoms with van der Waals surface area (Å²) in [5, 5.41) is 8.54. The molecule has 0 atom stereocenters. The second kappa shape index (κ2) is 3.21. The zero-order valence-corrected chi connectivity index (χ0v) is 7.99. The van der Waals surface area contributed by atoms with Gasteiger partial charge in [0, 0.05) is 0 Å². The molecule has 2 aromatic heterocycles. The lowest BCUT2D eigenvalue weighted by Gasteiger charge is -1.86. The first-order valence-corrected chi connectivity index (χ1v) is 4.70. The molecule has 0 aliphatic rings. The van der Waals surface area contributed by atoms with Crippen molar-refractivity contribution in [1.29, 1.82) is 5.26 Å². The number of aromatic nitrogens is 2. The van der Waals surface area contributed by atoms with Crippen LogP contribution in [0.15, 0.2) is 18.3 Å². The van der Waals surface area contributed by atoms with Gasteiger partial charge in [-0.1, -0.05) is 11.6 Å². The number of hydrogen-bond donors (Lipinski definition) is 1. The van der Waals surface area contributed by atoms with E-state index >= 15 is 0 Å². The van der Waals surface area contributed by atoms with E-state index in [1.54, 1.807) is 6.20 Å². The van der Waals surface area contributed by atoms with E-state index in [4.69, 9.17) is 16.9 Å². The fourth-order valence-corrected chi connectivity index (χ4v) is 1.97. The molecule has 0 spiro atoms. The average molecular weight is 210 g/mol. The highest BCUT2D eigenvalue weighted by Gasteiger charge is 2.04. The highest BCUT2D eigenvalue weighted by atomic mass is 35.5. The summed E-state index contributed by atoms with van der Waals surface area (Å²) in [7, 11) is 0. The Morgan fingerprint density at radius 3 is 2.92 bits per heavy atom. The fourth-order valence-electron chi connectivity index (χ4n) is 0.962. The van der Waals surface area contributed by atoms with E-state index in [1.807, 2.05) is 18.2 Å². The molecule has 0 saturated carbocycles. The Bertz CT molecular complexity index is 466. The average Bonchev–Trinajstić information content (AvgIpc) is 2.71. The molecule has 5 heteroatoms. The van der Waals surface area contributed by atoms with Crippen LogP contribution in [0.1, 0.15) is 5.82 Å². The largest absolute Gasteiger partial charge is 0.329 e. The number of aromatic amines is 1. The van der Waals surface area contributed by atoms with Crippen LogP contribution in [0, 0.1) is 11.3 Å². The summed E-state index contributed by atoms with van der Waals surface area (Å²) >= 11 is 7.22. The third-order valence-corrected chi connectivity index (χ3v) is 2.78. The highest BCUT2D eigenvalue weighted by molar-refractivity contribution is 7.19. The van der Waals surface area contributed by atoms with Crippen molar-refractivity contribution in [2.75, 3.05) is 0 Å². The van der Waals surface area contributed by atoms with Crippen molar-refractivity contribution in [1.82, 2.24) is 9.97 Å². The number of hydrogen-bond acceptors (Lipinski definition) is 3. The van der Waals surface area contributed by atoms with Crippen molar-refractivity contribution >= 4 is 22.9 Å². The molecule has 0 unspecified atom stereocenters. The topological polar surface area (TPSA) is 52.5 Å². The second-order valence-electron chi connectivity index (χ2n) is 2.36. The monoisotopic (exact) mass is 209 g/mol. The summed E-state index contributed by atoms with van der Waals surface area (Å²) in [4.78, 5) is 7.72. The first-order valence-electron chi connectivity index (χ1n) is 3.50. The molecule has 0 bridgehead atoms. The maximum atomic E-state index is 8.54. The number of nitrogens with one attached hydrogen (secondary N) is 1. The normalized spacial score (nSPS) is 9.85. The van der Waals surface area contributed by atoms with Crippen molar-refractivity contribution in [3.8, 4) is 16.6 Å². The number of H-pyrrole nitrogens is 1. The molecule has 0 aliphatic heterocycles. The van der Waals surface area contributed by atoms with Gasteiger partial charge in [-0.3, -0.25) is 0 Å². The van der Waals surface area contributed by atoms with Crippen LogP contribution >= 0.6 is 22.9 Å². The molecule has 0 aliphatic carbocycles. The summed E-state index contributed by atoms with van der Waals surface area (Å²) in [6.07, 6.45) is 1.63. The van der Waals surface area contributed by atoms with Crippen LogP contribution in [0.5, 0.6) is 0 Å². The lowest BCUT2D eigenvalue weighted by atomic mass is 10.4. The Labute approximate surface area is 83.6 Å².